The fourth-order valence-corrected chi connectivity index (χ4v) is 4.37. The van der Waals surface area contributed by atoms with Gasteiger partial charge in [-0.25, -0.2) is 0 Å². The first-order valence-electron chi connectivity index (χ1n) is 9.67. The molecule has 0 radical (unpaired) electrons. The lowest BCUT2D eigenvalue weighted by Gasteiger charge is -2.24. The van der Waals surface area contributed by atoms with Gasteiger partial charge in [0.05, 0.1) is 11.5 Å². The molecule has 1 fully saturated rings. The van der Waals surface area contributed by atoms with Crippen molar-refractivity contribution >= 4 is 11.3 Å². The molecule has 142 valence electrons. The van der Waals surface area contributed by atoms with Crippen LogP contribution in [0.4, 0.5) is 0 Å². The van der Waals surface area contributed by atoms with Crippen LogP contribution < -0.4 is 4.74 Å². The van der Waals surface area contributed by atoms with Crippen LogP contribution in [-0.4, -0.2) is 34.7 Å². The van der Waals surface area contributed by atoms with E-state index in [-0.39, 0.29) is 0 Å². The Hall–Kier alpha value is -2.18. The van der Waals surface area contributed by atoms with Crippen LogP contribution in [0.1, 0.15) is 43.7 Å². The normalized spacial score (nSPS) is 17.4. The zero-order valence-corrected chi connectivity index (χ0v) is 16.5. The molecule has 0 bridgehead atoms. The molecule has 1 aliphatic heterocycles. The van der Waals surface area contributed by atoms with Crippen molar-refractivity contribution in [2.45, 2.75) is 38.6 Å². The SMILES string of the molecule is CCOc1ccc(C2CCCN2CCCc2nc(-c3cccs3)no2)cc1. The molecule has 6 heteroatoms. The average molecular weight is 384 g/mol. The fourth-order valence-electron chi connectivity index (χ4n) is 3.72. The predicted molar refractivity (Wildman–Crippen MR) is 107 cm³/mol. The van der Waals surface area contributed by atoms with Crippen LogP contribution in [0.25, 0.3) is 10.7 Å². The lowest BCUT2D eigenvalue weighted by molar-refractivity contribution is 0.249. The Morgan fingerprint density at radius 2 is 2.15 bits per heavy atom. The first-order valence-corrected chi connectivity index (χ1v) is 10.5. The van der Waals surface area contributed by atoms with E-state index in [1.54, 1.807) is 11.3 Å². The molecule has 1 aliphatic rings. The van der Waals surface area contributed by atoms with Crippen LogP contribution in [0.5, 0.6) is 5.75 Å². The number of ether oxygens (including phenoxy) is 1. The zero-order chi connectivity index (χ0) is 18.5. The van der Waals surface area contributed by atoms with Crippen molar-refractivity contribution < 1.29 is 9.26 Å². The Balaban J connectivity index is 1.31. The Morgan fingerprint density at radius 1 is 1.26 bits per heavy atom. The van der Waals surface area contributed by atoms with Crippen molar-refractivity contribution in [1.29, 1.82) is 0 Å². The smallest absolute Gasteiger partial charge is 0.227 e. The summed E-state index contributed by atoms with van der Waals surface area (Å²) >= 11 is 1.63. The van der Waals surface area contributed by atoms with Crippen LogP contribution in [0, 0.1) is 0 Å². The first-order chi connectivity index (χ1) is 13.3. The number of likely N-dealkylation sites (tertiary alicyclic amines) is 1. The molecule has 3 aromatic rings. The van der Waals surface area contributed by atoms with Crippen molar-refractivity contribution in [3.8, 4) is 16.5 Å². The summed E-state index contributed by atoms with van der Waals surface area (Å²) in [5.74, 6) is 2.38. The minimum Gasteiger partial charge on any atom is -0.494 e. The van der Waals surface area contributed by atoms with Crippen molar-refractivity contribution in [1.82, 2.24) is 15.0 Å². The molecule has 3 heterocycles. The molecular weight excluding hydrogens is 358 g/mol. The molecule has 2 aromatic heterocycles. The van der Waals surface area contributed by atoms with Gasteiger partial charge in [-0.2, -0.15) is 4.98 Å². The summed E-state index contributed by atoms with van der Waals surface area (Å²) in [6.07, 6.45) is 4.32. The van der Waals surface area contributed by atoms with Gasteiger partial charge >= 0.3 is 0 Å². The van der Waals surface area contributed by atoms with Gasteiger partial charge < -0.3 is 9.26 Å². The highest BCUT2D eigenvalue weighted by Crippen LogP contribution is 2.33. The van der Waals surface area contributed by atoms with Gasteiger partial charge in [0.2, 0.25) is 11.7 Å². The van der Waals surface area contributed by atoms with E-state index in [0.29, 0.717) is 18.5 Å². The van der Waals surface area contributed by atoms with E-state index >= 15 is 0 Å². The van der Waals surface area contributed by atoms with E-state index in [0.717, 1.165) is 42.4 Å². The number of hydrogen-bond donors (Lipinski definition) is 0. The summed E-state index contributed by atoms with van der Waals surface area (Å²) in [6, 6.07) is 13.1. The fraction of sp³-hybridized carbons (Fsp3) is 0.429. The van der Waals surface area contributed by atoms with Gasteiger partial charge in [0.25, 0.3) is 0 Å². The predicted octanol–water partition coefficient (Wildman–Crippen LogP) is 4.97. The van der Waals surface area contributed by atoms with Crippen LogP contribution in [0.3, 0.4) is 0 Å². The molecule has 1 atom stereocenters. The molecule has 4 rings (SSSR count). The zero-order valence-electron chi connectivity index (χ0n) is 15.6. The second kappa shape index (κ2) is 8.67. The summed E-state index contributed by atoms with van der Waals surface area (Å²) < 4.78 is 11.0. The Labute approximate surface area is 164 Å². The number of aryl methyl sites for hydroxylation is 1. The number of benzene rings is 1. The molecule has 5 nitrogen and oxygen atoms in total. The van der Waals surface area contributed by atoms with Crippen molar-refractivity contribution in [2.24, 2.45) is 0 Å². The van der Waals surface area contributed by atoms with E-state index in [4.69, 9.17) is 9.26 Å². The Bertz CT molecular complexity index is 830. The number of nitrogens with zero attached hydrogens (tertiary/aromatic N) is 3. The molecule has 1 unspecified atom stereocenters. The van der Waals surface area contributed by atoms with Gasteiger partial charge in [-0.05, 0) is 68.4 Å². The summed E-state index contributed by atoms with van der Waals surface area (Å²) in [4.78, 5) is 8.15. The van der Waals surface area contributed by atoms with Gasteiger partial charge in [0, 0.05) is 12.5 Å². The minimum absolute atomic E-state index is 0.505. The third kappa shape index (κ3) is 4.39. The minimum atomic E-state index is 0.505. The Morgan fingerprint density at radius 3 is 2.93 bits per heavy atom. The molecule has 0 saturated carbocycles. The van der Waals surface area contributed by atoms with Gasteiger partial charge in [0.15, 0.2) is 0 Å². The van der Waals surface area contributed by atoms with E-state index in [1.807, 2.05) is 24.4 Å². The molecule has 0 amide bonds. The number of thiophene rings is 1. The van der Waals surface area contributed by atoms with E-state index in [9.17, 15) is 0 Å². The van der Waals surface area contributed by atoms with Gasteiger partial charge in [-0.3, -0.25) is 4.90 Å². The van der Waals surface area contributed by atoms with Gasteiger partial charge in [-0.1, -0.05) is 23.4 Å². The van der Waals surface area contributed by atoms with Gasteiger partial charge in [-0.15, -0.1) is 11.3 Å². The molecule has 0 aliphatic carbocycles. The average Bonchev–Trinajstić information content (AvgIpc) is 3.44. The van der Waals surface area contributed by atoms with E-state index in [2.05, 4.69) is 39.3 Å². The summed E-state index contributed by atoms with van der Waals surface area (Å²) in [5.41, 5.74) is 1.38. The number of rotatable bonds is 8. The molecule has 1 aromatic carbocycles. The maximum atomic E-state index is 5.56. The summed E-state index contributed by atoms with van der Waals surface area (Å²) in [5, 5.41) is 6.12. The number of aromatic nitrogens is 2. The first kappa shape index (κ1) is 18.2. The molecule has 1 saturated heterocycles. The van der Waals surface area contributed by atoms with Crippen molar-refractivity contribution in [2.75, 3.05) is 19.7 Å². The Kier molecular flexibility index (Phi) is 5.84. The second-order valence-electron chi connectivity index (χ2n) is 6.79. The van der Waals surface area contributed by atoms with Crippen molar-refractivity contribution in [3.63, 3.8) is 0 Å². The van der Waals surface area contributed by atoms with Gasteiger partial charge in [0.1, 0.15) is 5.75 Å². The quantitative estimate of drug-likeness (QED) is 0.550. The van der Waals surface area contributed by atoms with Crippen LogP contribution in [0.15, 0.2) is 46.3 Å². The second-order valence-corrected chi connectivity index (χ2v) is 7.74. The highest BCUT2D eigenvalue weighted by atomic mass is 32.1. The highest BCUT2D eigenvalue weighted by Gasteiger charge is 2.25. The van der Waals surface area contributed by atoms with Crippen LogP contribution >= 0.6 is 11.3 Å². The van der Waals surface area contributed by atoms with E-state index < -0.39 is 0 Å². The van der Waals surface area contributed by atoms with Crippen molar-refractivity contribution in [3.05, 3.63) is 53.2 Å². The molecular formula is C21H25N3O2S. The molecule has 0 spiro atoms. The summed E-state index contributed by atoms with van der Waals surface area (Å²) in [6.45, 7) is 4.93. The monoisotopic (exact) mass is 383 g/mol. The molecule has 27 heavy (non-hydrogen) atoms. The number of hydrogen-bond acceptors (Lipinski definition) is 6. The van der Waals surface area contributed by atoms with Crippen LogP contribution in [0.2, 0.25) is 0 Å². The third-order valence-corrected chi connectivity index (χ3v) is 5.85. The standard InChI is InChI=1S/C21H25N3O2S/c1-2-25-17-11-9-16(10-12-17)18-6-3-13-24(18)14-4-8-20-22-21(23-26-20)19-7-5-15-27-19/h5,7,9-12,15,18H,2-4,6,8,13-14H2,1H3. The maximum absolute atomic E-state index is 5.56. The topological polar surface area (TPSA) is 51.4 Å². The largest absolute Gasteiger partial charge is 0.494 e. The van der Waals surface area contributed by atoms with Crippen LogP contribution in [-0.2, 0) is 6.42 Å². The maximum Gasteiger partial charge on any atom is 0.227 e. The third-order valence-electron chi connectivity index (χ3n) is 4.99. The summed E-state index contributed by atoms with van der Waals surface area (Å²) in [7, 11) is 0. The highest BCUT2D eigenvalue weighted by molar-refractivity contribution is 7.13. The van der Waals surface area contributed by atoms with E-state index in [1.165, 1.54) is 18.4 Å². The molecule has 0 N–H and O–H groups in total. The lowest BCUT2D eigenvalue weighted by Crippen LogP contribution is -2.24. The lowest BCUT2D eigenvalue weighted by atomic mass is 10.0.